The summed E-state index contributed by atoms with van der Waals surface area (Å²) in [6.45, 7) is 0. The van der Waals surface area contributed by atoms with Crippen LogP contribution in [0.4, 0.5) is 0 Å². The molecule has 0 unspecified atom stereocenters. The SMILES string of the molecule is [BaH2].[BaH2].[Nb].[SrH2]. The molecule has 0 nitrogen and oxygen atoms in total. The summed E-state index contributed by atoms with van der Waals surface area (Å²) >= 11 is 0. The van der Waals surface area contributed by atoms with Gasteiger partial charge in [-0.25, -0.2) is 0 Å². The van der Waals surface area contributed by atoms with Crippen molar-refractivity contribution in [1.29, 1.82) is 0 Å². The van der Waals surface area contributed by atoms with Crippen LogP contribution >= 0.6 is 0 Å². The number of rotatable bonds is 0. The molecule has 0 saturated carbocycles. The van der Waals surface area contributed by atoms with Gasteiger partial charge >= 0.3 is 143 Å². The van der Waals surface area contributed by atoms with Crippen molar-refractivity contribution in [3.63, 3.8) is 0 Å². The molecular formula is H6Ba2NbSr. The molecule has 4 heavy (non-hydrogen) atoms. The van der Waals surface area contributed by atoms with Crippen molar-refractivity contribution in [2.75, 3.05) is 0 Å². The Balaban J connectivity index is 0. The summed E-state index contributed by atoms with van der Waals surface area (Å²) in [7, 11) is 0. The van der Waals surface area contributed by atoms with Crippen LogP contribution in [0.1, 0.15) is 0 Å². The third kappa shape index (κ3) is 10.4. The Hall–Kier alpha value is 5.36. The van der Waals surface area contributed by atoms with Crippen LogP contribution in [0.2, 0.25) is 0 Å². The van der Waals surface area contributed by atoms with E-state index in [2.05, 4.69) is 0 Å². The van der Waals surface area contributed by atoms with Crippen LogP contribution in [0, 0.1) is 0 Å². The van der Waals surface area contributed by atoms with Crippen LogP contribution in [0.25, 0.3) is 0 Å². The molecule has 0 atom stereocenters. The van der Waals surface area contributed by atoms with Gasteiger partial charge in [0.05, 0.1) is 0 Å². The monoisotopic (exact) mass is 463 g/mol. The fraction of sp³-hybridized carbons (Fsp3) is 0. The van der Waals surface area contributed by atoms with Gasteiger partial charge in [-0.15, -0.1) is 0 Å². The fourth-order valence-corrected chi connectivity index (χ4v) is 0. The van der Waals surface area contributed by atoms with Crippen molar-refractivity contribution in [3.05, 3.63) is 0 Å². The van der Waals surface area contributed by atoms with E-state index in [4.69, 9.17) is 0 Å². The van der Waals surface area contributed by atoms with E-state index in [-0.39, 0.29) is 166 Å². The van der Waals surface area contributed by atoms with Crippen molar-refractivity contribution in [1.82, 2.24) is 0 Å². The Kier molecular flexibility index (Phi) is 89.7. The van der Waals surface area contributed by atoms with Crippen molar-refractivity contribution in [2.24, 2.45) is 0 Å². The normalized spacial score (nSPS) is 0. The van der Waals surface area contributed by atoms with E-state index in [9.17, 15) is 0 Å². The molecule has 0 rings (SSSR count). The van der Waals surface area contributed by atoms with Crippen molar-refractivity contribution >= 4 is 143 Å². The molecule has 0 saturated heterocycles. The van der Waals surface area contributed by atoms with Gasteiger partial charge < -0.3 is 0 Å². The van der Waals surface area contributed by atoms with E-state index in [1.54, 1.807) is 0 Å². The van der Waals surface area contributed by atoms with Gasteiger partial charge in [0.1, 0.15) is 0 Å². The molecule has 17 valence electrons. The van der Waals surface area contributed by atoms with Gasteiger partial charge in [-0.05, 0) is 0 Å². The van der Waals surface area contributed by atoms with Gasteiger partial charge in [-0.3, -0.25) is 0 Å². The zero-order valence-electron chi connectivity index (χ0n) is 0.447. The molecule has 0 aliphatic rings. The Morgan fingerprint density at radius 1 is 0.750 bits per heavy atom. The average molecular weight is 461 g/mol. The molecule has 0 aromatic heterocycles. The molecule has 0 heterocycles. The van der Waals surface area contributed by atoms with E-state index in [1.165, 1.54) is 0 Å². The maximum absolute atomic E-state index is 0. The molecule has 0 N–H and O–H groups in total. The van der Waals surface area contributed by atoms with Crippen LogP contribution in [-0.4, -0.2) is 143 Å². The summed E-state index contributed by atoms with van der Waals surface area (Å²) in [5.74, 6) is 0. The predicted molar refractivity (Wildman–Crippen MR) is 25.6 cm³/mol. The summed E-state index contributed by atoms with van der Waals surface area (Å²) in [5.41, 5.74) is 0. The van der Waals surface area contributed by atoms with E-state index in [0.29, 0.717) is 0 Å². The van der Waals surface area contributed by atoms with Crippen LogP contribution < -0.4 is 0 Å². The predicted octanol–water partition coefficient (Wildman–Crippen LogP) is -2.75. The van der Waals surface area contributed by atoms with E-state index in [1.807, 2.05) is 0 Å². The van der Waals surface area contributed by atoms with Gasteiger partial charge in [-0.2, -0.15) is 0 Å². The second-order valence-electron chi connectivity index (χ2n) is 0. The summed E-state index contributed by atoms with van der Waals surface area (Å²) < 4.78 is 0. The molecule has 0 spiro atoms. The summed E-state index contributed by atoms with van der Waals surface area (Å²) in [4.78, 5) is 0. The standard InChI is InChI=1S/2Ba.Nb.Sr.6H. The zero-order chi connectivity index (χ0) is 0. The van der Waals surface area contributed by atoms with Crippen LogP contribution in [0.5, 0.6) is 0 Å². The van der Waals surface area contributed by atoms with Gasteiger partial charge in [-0.1, -0.05) is 0 Å². The molecule has 0 aromatic carbocycles. The molecule has 1 radical (unpaired) electrons. The van der Waals surface area contributed by atoms with Crippen molar-refractivity contribution in [3.8, 4) is 0 Å². The molecule has 0 bridgehead atoms. The summed E-state index contributed by atoms with van der Waals surface area (Å²) in [6, 6.07) is 0. The molecule has 0 aliphatic carbocycles. The minimum absolute atomic E-state index is 0. The third-order valence-corrected chi connectivity index (χ3v) is 0. The van der Waals surface area contributed by atoms with Crippen LogP contribution in [-0.2, 0) is 22.4 Å². The molecule has 0 amide bonds. The summed E-state index contributed by atoms with van der Waals surface area (Å²) in [6.07, 6.45) is 0. The third-order valence-electron chi connectivity index (χ3n) is 0. The van der Waals surface area contributed by atoms with Crippen molar-refractivity contribution < 1.29 is 22.4 Å². The van der Waals surface area contributed by atoms with Crippen LogP contribution in [0.15, 0.2) is 0 Å². The first-order valence-corrected chi connectivity index (χ1v) is 0. The minimum atomic E-state index is 0. The topological polar surface area (TPSA) is 0 Å². The van der Waals surface area contributed by atoms with E-state index >= 15 is 0 Å². The quantitative estimate of drug-likeness (QED) is 0.344. The van der Waals surface area contributed by atoms with Gasteiger partial charge in [0, 0.05) is 22.4 Å². The molecule has 4 heteroatoms. The Bertz CT molecular complexity index is 6.00. The number of hydrogen-bond acceptors (Lipinski definition) is 0. The zero-order valence-corrected chi connectivity index (χ0v) is 2.65. The van der Waals surface area contributed by atoms with E-state index in [0.717, 1.165) is 0 Å². The summed E-state index contributed by atoms with van der Waals surface area (Å²) in [5, 5.41) is 0. The first-order chi connectivity index (χ1) is 0. The Morgan fingerprint density at radius 2 is 0.750 bits per heavy atom. The first-order valence-electron chi connectivity index (χ1n) is 0. The average Bonchev–Trinajstić information content (AvgIpc) is 0. The Labute approximate surface area is 160 Å². The first kappa shape index (κ1) is 22.8. The van der Waals surface area contributed by atoms with Crippen LogP contribution in [0.3, 0.4) is 0 Å². The fourth-order valence-electron chi connectivity index (χ4n) is 0. The van der Waals surface area contributed by atoms with Gasteiger partial charge in [0.25, 0.3) is 0 Å². The van der Waals surface area contributed by atoms with Gasteiger partial charge in [0.15, 0.2) is 0 Å². The van der Waals surface area contributed by atoms with Crippen molar-refractivity contribution in [2.45, 2.75) is 0 Å². The maximum atomic E-state index is 0. The van der Waals surface area contributed by atoms with Gasteiger partial charge in [0.2, 0.25) is 0 Å². The second-order valence-corrected chi connectivity index (χ2v) is 0. The molecule has 0 fully saturated rings. The van der Waals surface area contributed by atoms with E-state index < -0.39 is 0 Å². The molecular weight excluding hydrogens is 455 g/mol. The molecule has 0 aromatic rings. The Morgan fingerprint density at radius 3 is 0.750 bits per heavy atom. The molecule has 0 aliphatic heterocycles. The number of hydrogen-bond donors (Lipinski definition) is 0. The second kappa shape index (κ2) is 15.8.